The number of anilines is 2. The molecule has 0 fully saturated rings. The molecule has 1 aromatic carbocycles. The van der Waals surface area contributed by atoms with E-state index in [2.05, 4.69) is 22.2 Å². The van der Waals surface area contributed by atoms with Gasteiger partial charge in [0.2, 0.25) is 5.95 Å². The molecule has 1 atom stereocenters. The van der Waals surface area contributed by atoms with E-state index in [1.807, 2.05) is 30.3 Å². The highest BCUT2D eigenvalue weighted by Crippen LogP contribution is 2.26. The number of nitrogens with two attached hydrogens (primary N) is 1. The zero-order valence-electron chi connectivity index (χ0n) is 13.3. The fourth-order valence-corrected chi connectivity index (χ4v) is 2.70. The van der Waals surface area contributed by atoms with Crippen LogP contribution in [0, 0.1) is 0 Å². The van der Waals surface area contributed by atoms with Gasteiger partial charge in [0.05, 0.1) is 0 Å². The summed E-state index contributed by atoms with van der Waals surface area (Å²) in [5, 5.41) is 12.8. The van der Waals surface area contributed by atoms with Gasteiger partial charge in [-0.15, -0.1) is 0 Å². The van der Waals surface area contributed by atoms with Gasteiger partial charge >= 0.3 is 0 Å². The Kier molecular flexibility index (Phi) is 6.62. The monoisotopic (exact) mass is 334 g/mol. The van der Waals surface area contributed by atoms with Gasteiger partial charge in [-0.2, -0.15) is 4.98 Å². The number of hydrogen-bond donors (Lipinski definition) is 3. The van der Waals surface area contributed by atoms with Crippen LogP contribution < -0.4 is 11.1 Å². The second-order valence-electron chi connectivity index (χ2n) is 5.48. The van der Waals surface area contributed by atoms with Crippen molar-refractivity contribution in [2.45, 2.75) is 38.6 Å². The molecule has 1 heterocycles. The summed E-state index contributed by atoms with van der Waals surface area (Å²) in [5.74, 6) is 0.836. The molecule has 4 N–H and O–H groups in total. The molecule has 0 amide bonds. The van der Waals surface area contributed by atoms with Gasteiger partial charge in [-0.05, 0) is 24.8 Å². The molecule has 0 spiro atoms. The van der Waals surface area contributed by atoms with E-state index >= 15 is 0 Å². The predicted molar refractivity (Wildman–Crippen MR) is 94.7 cm³/mol. The molecule has 124 valence electrons. The topological polar surface area (TPSA) is 84.1 Å². The van der Waals surface area contributed by atoms with Crippen LogP contribution in [-0.4, -0.2) is 27.7 Å². The molecule has 2 rings (SSSR count). The van der Waals surface area contributed by atoms with E-state index in [0.717, 1.165) is 30.4 Å². The molecule has 6 heteroatoms. The summed E-state index contributed by atoms with van der Waals surface area (Å²) in [4.78, 5) is 8.41. The first-order valence-corrected chi connectivity index (χ1v) is 8.25. The van der Waals surface area contributed by atoms with Crippen molar-refractivity contribution in [3.05, 3.63) is 46.6 Å². The summed E-state index contributed by atoms with van der Waals surface area (Å²) in [6.45, 7) is 2.28. The van der Waals surface area contributed by atoms with Crippen LogP contribution >= 0.6 is 11.6 Å². The second-order valence-corrected chi connectivity index (χ2v) is 5.84. The summed E-state index contributed by atoms with van der Waals surface area (Å²) in [6, 6.07) is 10.3. The molecule has 1 unspecified atom stereocenters. The Morgan fingerprint density at radius 3 is 2.65 bits per heavy atom. The largest absolute Gasteiger partial charge is 0.396 e. The van der Waals surface area contributed by atoms with Crippen LogP contribution in [0.3, 0.4) is 0 Å². The molecule has 0 radical (unpaired) electrons. The Morgan fingerprint density at radius 2 is 2.00 bits per heavy atom. The maximum Gasteiger partial charge on any atom is 0.223 e. The average molecular weight is 335 g/mol. The molecule has 0 aliphatic carbocycles. The molecular formula is C17H23ClN4O. The average Bonchev–Trinajstić information content (AvgIpc) is 2.55. The minimum atomic E-state index is 0.159. The van der Waals surface area contributed by atoms with E-state index in [0.29, 0.717) is 17.4 Å². The molecule has 1 aromatic heterocycles. The first kappa shape index (κ1) is 17.5. The Hall–Kier alpha value is -1.85. The van der Waals surface area contributed by atoms with Crippen molar-refractivity contribution in [1.29, 1.82) is 0 Å². The number of aliphatic hydroxyl groups is 1. The predicted octanol–water partition coefficient (Wildman–Crippen LogP) is 3.27. The number of nitrogens with one attached hydrogen (secondary N) is 1. The van der Waals surface area contributed by atoms with Gasteiger partial charge in [0.15, 0.2) is 0 Å². The highest BCUT2D eigenvalue weighted by Gasteiger charge is 2.16. The highest BCUT2D eigenvalue weighted by atomic mass is 35.5. The van der Waals surface area contributed by atoms with Crippen molar-refractivity contribution in [3.63, 3.8) is 0 Å². The Morgan fingerprint density at radius 1 is 1.26 bits per heavy atom. The third-order valence-electron chi connectivity index (χ3n) is 3.74. The molecule has 0 aliphatic rings. The van der Waals surface area contributed by atoms with E-state index in [-0.39, 0.29) is 18.6 Å². The van der Waals surface area contributed by atoms with Gasteiger partial charge < -0.3 is 16.2 Å². The molecule has 5 nitrogen and oxygen atoms in total. The summed E-state index contributed by atoms with van der Waals surface area (Å²) in [7, 11) is 0. The minimum Gasteiger partial charge on any atom is -0.396 e. The minimum absolute atomic E-state index is 0.159. The quantitative estimate of drug-likeness (QED) is 0.645. The number of aromatic nitrogens is 2. The van der Waals surface area contributed by atoms with Gasteiger partial charge in [-0.25, -0.2) is 4.98 Å². The van der Waals surface area contributed by atoms with Crippen LogP contribution in [0.1, 0.15) is 37.3 Å². The Labute approximate surface area is 141 Å². The number of nitrogen functional groups attached to an aromatic ring is 1. The maximum atomic E-state index is 9.02. The fourth-order valence-electron chi connectivity index (χ4n) is 2.46. The van der Waals surface area contributed by atoms with Crippen LogP contribution in [0.2, 0.25) is 5.15 Å². The van der Waals surface area contributed by atoms with Crippen molar-refractivity contribution in [2.24, 2.45) is 0 Å². The van der Waals surface area contributed by atoms with Gasteiger partial charge in [0.25, 0.3) is 0 Å². The zero-order valence-corrected chi connectivity index (χ0v) is 14.1. The van der Waals surface area contributed by atoms with Gasteiger partial charge in [0.1, 0.15) is 11.0 Å². The van der Waals surface area contributed by atoms with E-state index in [1.165, 1.54) is 0 Å². The van der Waals surface area contributed by atoms with Crippen LogP contribution in [0.25, 0.3) is 0 Å². The second kappa shape index (κ2) is 8.70. The zero-order chi connectivity index (χ0) is 16.7. The van der Waals surface area contributed by atoms with Crippen LogP contribution in [0.15, 0.2) is 30.3 Å². The highest BCUT2D eigenvalue weighted by molar-refractivity contribution is 6.30. The maximum absolute atomic E-state index is 9.02. The molecule has 0 saturated carbocycles. The lowest BCUT2D eigenvalue weighted by Gasteiger charge is -2.20. The van der Waals surface area contributed by atoms with Crippen molar-refractivity contribution in [3.8, 4) is 0 Å². The van der Waals surface area contributed by atoms with Crippen molar-refractivity contribution >= 4 is 23.4 Å². The Balaban J connectivity index is 2.26. The summed E-state index contributed by atoms with van der Waals surface area (Å²) < 4.78 is 0. The van der Waals surface area contributed by atoms with Crippen LogP contribution in [-0.2, 0) is 6.42 Å². The molecule has 2 aromatic rings. The molecular weight excluding hydrogens is 312 g/mol. The van der Waals surface area contributed by atoms with Gasteiger partial charge in [-0.1, -0.05) is 48.9 Å². The molecule has 0 bridgehead atoms. The summed E-state index contributed by atoms with van der Waals surface area (Å²) in [6.07, 6.45) is 3.16. The lowest BCUT2D eigenvalue weighted by atomic mass is 10.1. The van der Waals surface area contributed by atoms with Crippen molar-refractivity contribution < 1.29 is 5.11 Å². The normalized spacial score (nSPS) is 12.1. The van der Waals surface area contributed by atoms with Crippen LogP contribution in [0.4, 0.5) is 11.8 Å². The number of hydrogen-bond acceptors (Lipinski definition) is 5. The first-order chi connectivity index (χ1) is 11.1. The number of halogens is 1. The number of benzene rings is 1. The molecule has 0 aliphatic heterocycles. The van der Waals surface area contributed by atoms with Gasteiger partial charge in [-0.3, -0.25) is 0 Å². The van der Waals surface area contributed by atoms with E-state index in [1.54, 1.807) is 0 Å². The Bertz CT molecular complexity index is 621. The SMILES string of the molecule is CCC(CCCO)Nc1nc(N)nc(Cl)c1Cc1ccccc1. The third kappa shape index (κ3) is 5.08. The van der Waals surface area contributed by atoms with Gasteiger partial charge in [0, 0.05) is 24.6 Å². The summed E-state index contributed by atoms with van der Waals surface area (Å²) >= 11 is 6.30. The van der Waals surface area contributed by atoms with E-state index in [9.17, 15) is 0 Å². The third-order valence-corrected chi connectivity index (χ3v) is 4.05. The summed E-state index contributed by atoms with van der Waals surface area (Å²) in [5.41, 5.74) is 7.73. The van der Waals surface area contributed by atoms with Crippen molar-refractivity contribution in [2.75, 3.05) is 17.7 Å². The van der Waals surface area contributed by atoms with Crippen LogP contribution in [0.5, 0.6) is 0 Å². The fraction of sp³-hybridized carbons (Fsp3) is 0.412. The van der Waals surface area contributed by atoms with E-state index in [4.69, 9.17) is 22.4 Å². The standard InChI is InChI=1S/C17H23ClN4O/c1-2-13(9-6-10-23)20-16-14(15(18)21-17(19)22-16)11-12-7-4-3-5-8-12/h3-5,7-8,13,23H,2,6,9-11H2,1H3,(H3,19,20,21,22). The molecule has 23 heavy (non-hydrogen) atoms. The first-order valence-electron chi connectivity index (χ1n) is 7.87. The lowest BCUT2D eigenvalue weighted by Crippen LogP contribution is -2.21. The lowest BCUT2D eigenvalue weighted by molar-refractivity contribution is 0.280. The number of aliphatic hydroxyl groups excluding tert-OH is 1. The number of rotatable bonds is 8. The number of nitrogens with zero attached hydrogens (tertiary/aromatic N) is 2. The smallest absolute Gasteiger partial charge is 0.223 e. The van der Waals surface area contributed by atoms with E-state index < -0.39 is 0 Å². The molecule has 0 saturated heterocycles. The van der Waals surface area contributed by atoms with Crippen molar-refractivity contribution in [1.82, 2.24) is 9.97 Å².